The lowest BCUT2D eigenvalue weighted by Crippen LogP contribution is -2.34. The number of halogens is 2. The van der Waals surface area contributed by atoms with Gasteiger partial charge in [0.15, 0.2) is 0 Å². The van der Waals surface area contributed by atoms with Crippen molar-refractivity contribution in [2.24, 2.45) is 0 Å². The summed E-state index contributed by atoms with van der Waals surface area (Å²) in [5.74, 6) is 0.763. The van der Waals surface area contributed by atoms with Gasteiger partial charge in [-0.1, -0.05) is 11.6 Å². The molecule has 1 atom stereocenters. The first-order valence-electron chi connectivity index (χ1n) is 5.00. The molecule has 1 unspecified atom stereocenters. The second kappa shape index (κ2) is 5.82. The van der Waals surface area contributed by atoms with Crippen molar-refractivity contribution in [1.29, 1.82) is 0 Å². The number of aromatic nitrogens is 1. The van der Waals surface area contributed by atoms with Crippen molar-refractivity contribution in [2.75, 3.05) is 31.7 Å². The van der Waals surface area contributed by atoms with Crippen LogP contribution in [-0.4, -0.2) is 37.5 Å². The van der Waals surface area contributed by atoms with Crippen molar-refractivity contribution in [3.05, 3.63) is 21.8 Å². The van der Waals surface area contributed by atoms with E-state index in [1.165, 1.54) is 0 Å². The van der Waals surface area contributed by atoms with Gasteiger partial charge in [0.25, 0.3) is 0 Å². The highest BCUT2D eigenvalue weighted by atomic mass is 79.9. The molecule has 2 heterocycles. The summed E-state index contributed by atoms with van der Waals surface area (Å²) < 4.78 is 11.7. The fraction of sp³-hybridized carbons (Fsp3) is 0.500. The Labute approximate surface area is 107 Å². The van der Waals surface area contributed by atoms with Gasteiger partial charge >= 0.3 is 0 Å². The molecule has 0 amide bonds. The molecule has 1 aromatic rings. The maximum Gasteiger partial charge on any atom is 0.140 e. The van der Waals surface area contributed by atoms with E-state index in [2.05, 4.69) is 26.2 Å². The Balaban J connectivity index is 1.88. The minimum absolute atomic E-state index is 0.0816. The zero-order chi connectivity index (χ0) is 11.4. The Morgan fingerprint density at radius 3 is 3.12 bits per heavy atom. The van der Waals surface area contributed by atoms with Crippen LogP contribution < -0.4 is 5.32 Å². The van der Waals surface area contributed by atoms with Gasteiger partial charge in [0.05, 0.1) is 35.4 Å². The summed E-state index contributed by atoms with van der Waals surface area (Å²) in [6, 6.07) is 1.80. The lowest BCUT2D eigenvalue weighted by atomic mass is 10.3. The molecule has 1 fully saturated rings. The molecule has 0 bridgehead atoms. The van der Waals surface area contributed by atoms with E-state index >= 15 is 0 Å². The van der Waals surface area contributed by atoms with Crippen LogP contribution in [0.2, 0.25) is 5.02 Å². The predicted molar refractivity (Wildman–Crippen MR) is 66.0 cm³/mol. The van der Waals surface area contributed by atoms with Gasteiger partial charge in [0.1, 0.15) is 5.82 Å². The second-order valence-corrected chi connectivity index (χ2v) is 4.72. The largest absolute Gasteiger partial charge is 0.376 e. The van der Waals surface area contributed by atoms with Gasteiger partial charge < -0.3 is 14.8 Å². The fourth-order valence-electron chi connectivity index (χ4n) is 1.41. The number of hydrogen-bond acceptors (Lipinski definition) is 4. The third-order valence-corrected chi connectivity index (χ3v) is 3.00. The van der Waals surface area contributed by atoms with Crippen LogP contribution in [-0.2, 0) is 9.47 Å². The first kappa shape index (κ1) is 12.1. The second-order valence-electron chi connectivity index (χ2n) is 3.43. The molecule has 16 heavy (non-hydrogen) atoms. The Morgan fingerprint density at radius 1 is 1.56 bits per heavy atom. The Bertz CT molecular complexity index is 359. The van der Waals surface area contributed by atoms with Crippen LogP contribution in [0.3, 0.4) is 0 Å². The van der Waals surface area contributed by atoms with Crippen molar-refractivity contribution in [1.82, 2.24) is 4.98 Å². The highest BCUT2D eigenvalue weighted by molar-refractivity contribution is 9.10. The van der Waals surface area contributed by atoms with Crippen molar-refractivity contribution in [2.45, 2.75) is 6.10 Å². The fourth-order valence-corrected chi connectivity index (χ4v) is 2.19. The van der Waals surface area contributed by atoms with Crippen LogP contribution in [0.5, 0.6) is 0 Å². The minimum Gasteiger partial charge on any atom is -0.376 e. The van der Waals surface area contributed by atoms with Crippen LogP contribution >= 0.6 is 27.5 Å². The molecule has 0 saturated carbocycles. The number of ether oxygens (including phenoxy) is 2. The quantitative estimate of drug-likeness (QED) is 0.931. The van der Waals surface area contributed by atoms with Gasteiger partial charge in [-0.05, 0) is 22.0 Å². The highest BCUT2D eigenvalue weighted by Gasteiger charge is 2.14. The van der Waals surface area contributed by atoms with E-state index in [-0.39, 0.29) is 6.10 Å². The SMILES string of the molecule is Clc1cnc(NCC2COCCO2)c(Br)c1. The molecule has 1 aromatic heterocycles. The molecular weight excluding hydrogens is 295 g/mol. The zero-order valence-corrected chi connectivity index (χ0v) is 10.9. The monoisotopic (exact) mass is 306 g/mol. The molecule has 1 saturated heterocycles. The molecule has 0 spiro atoms. The molecule has 4 nitrogen and oxygen atoms in total. The van der Waals surface area contributed by atoms with Gasteiger partial charge in [0, 0.05) is 12.7 Å². The summed E-state index contributed by atoms with van der Waals surface area (Å²) in [6.45, 7) is 2.63. The van der Waals surface area contributed by atoms with Crippen LogP contribution in [0.15, 0.2) is 16.7 Å². The van der Waals surface area contributed by atoms with E-state index in [9.17, 15) is 0 Å². The molecule has 0 radical (unpaired) electrons. The molecule has 88 valence electrons. The topological polar surface area (TPSA) is 43.4 Å². The van der Waals surface area contributed by atoms with E-state index < -0.39 is 0 Å². The first-order valence-corrected chi connectivity index (χ1v) is 6.17. The van der Waals surface area contributed by atoms with Gasteiger partial charge in [0.2, 0.25) is 0 Å². The van der Waals surface area contributed by atoms with E-state index in [1.54, 1.807) is 12.3 Å². The summed E-state index contributed by atoms with van der Waals surface area (Å²) >= 11 is 9.19. The average molecular weight is 308 g/mol. The van der Waals surface area contributed by atoms with Crippen LogP contribution in [0.4, 0.5) is 5.82 Å². The molecular formula is C10H12BrClN2O2. The number of nitrogens with one attached hydrogen (secondary N) is 1. The number of anilines is 1. The van der Waals surface area contributed by atoms with E-state index in [0.717, 1.165) is 10.3 Å². The van der Waals surface area contributed by atoms with E-state index in [0.29, 0.717) is 31.4 Å². The zero-order valence-electron chi connectivity index (χ0n) is 8.58. The third kappa shape index (κ3) is 3.31. The molecule has 0 aromatic carbocycles. The average Bonchev–Trinajstić information content (AvgIpc) is 2.29. The maximum absolute atomic E-state index is 5.80. The summed E-state index contributed by atoms with van der Waals surface area (Å²) in [7, 11) is 0. The smallest absolute Gasteiger partial charge is 0.140 e. The number of nitrogens with zero attached hydrogens (tertiary/aromatic N) is 1. The summed E-state index contributed by atoms with van der Waals surface area (Å²) in [4.78, 5) is 4.18. The predicted octanol–water partition coefficient (Wildman–Crippen LogP) is 2.32. The molecule has 6 heteroatoms. The highest BCUT2D eigenvalue weighted by Crippen LogP contribution is 2.23. The normalized spacial score (nSPS) is 20.8. The van der Waals surface area contributed by atoms with E-state index in [1.807, 2.05) is 0 Å². The Kier molecular flexibility index (Phi) is 4.40. The molecule has 1 N–H and O–H groups in total. The molecule has 2 rings (SSSR count). The molecule has 1 aliphatic rings. The minimum atomic E-state index is 0.0816. The van der Waals surface area contributed by atoms with Crippen molar-refractivity contribution in [3.63, 3.8) is 0 Å². The van der Waals surface area contributed by atoms with Crippen LogP contribution in [0.25, 0.3) is 0 Å². The maximum atomic E-state index is 5.80. The Hall–Kier alpha value is -0.360. The standard InChI is InChI=1S/C10H12BrClN2O2/c11-9-3-7(12)4-13-10(9)14-5-8-6-15-1-2-16-8/h3-4,8H,1-2,5-6H2,(H,13,14). The lowest BCUT2D eigenvalue weighted by molar-refractivity contribution is -0.0819. The number of rotatable bonds is 3. The molecule has 1 aliphatic heterocycles. The van der Waals surface area contributed by atoms with Gasteiger partial charge in [-0.3, -0.25) is 0 Å². The third-order valence-electron chi connectivity index (χ3n) is 2.19. The summed E-state index contributed by atoms with van der Waals surface area (Å²) in [5, 5.41) is 3.79. The molecule has 0 aliphatic carbocycles. The van der Waals surface area contributed by atoms with Crippen molar-refractivity contribution < 1.29 is 9.47 Å². The Morgan fingerprint density at radius 2 is 2.44 bits per heavy atom. The van der Waals surface area contributed by atoms with Gasteiger partial charge in [-0.25, -0.2) is 4.98 Å². The van der Waals surface area contributed by atoms with Crippen LogP contribution in [0, 0.1) is 0 Å². The van der Waals surface area contributed by atoms with Gasteiger partial charge in [-0.2, -0.15) is 0 Å². The number of pyridine rings is 1. The first-order chi connectivity index (χ1) is 7.75. The number of hydrogen-bond donors (Lipinski definition) is 1. The van der Waals surface area contributed by atoms with Gasteiger partial charge in [-0.15, -0.1) is 0 Å². The van der Waals surface area contributed by atoms with Crippen molar-refractivity contribution in [3.8, 4) is 0 Å². The summed E-state index contributed by atoms with van der Waals surface area (Å²) in [6.07, 6.45) is 1.69. The van der Waals surface area contributed by atoms with Crippen LogP contribution in [0.1, 0.15) is 0 Å². The van der Waals surface area contributed by atoms with E-state index in [4.69, 9.17) is 21.1 Å². The summed E-state index contributed by atoms with van der Waals surface area (Å²) in [5.41, 5.74) is 0. The lowest BCUT2D eigenvalue weighted by Gasteiger charge is -2.23. The van der Waals surface area contributed by atoms with Crippen molar-refractivity contribution >= 4 is 33.3 Å².